The van der Waals surface area contributed by atoms with E-state index in [0.717, 1.165) is 6.08 Å². The van der Waals surface area contributed by atoms with Crippen molar-refractivity contribution in [3.05, 3.63) is 29.8 Å². The molecule has 0 bridgehead atoms. The minimum atomic E-state index is -4.31. The summed E-state index contributed by atoms with van der Waals surface area (Å²) in [5.74, 6) is -0.632. The Labute approximate surface area is 113 Å². The molecule has 0 atom stereocenters. The van der Waals surface area contributed by atoms with Crippen LogP contribution in [0, 0.1) is 0 Å². The van der Waals surface area contributed by atoms with Crippen molar-refractivity contribution in [1.29, 1.82) is 0 Å². The van der Waals surface area contributed by atoms with Crippen LogP contribution in [0.25, 0.3) is 6.08 Å². The van der Waals surface area contributed by atoms with Crippen LogP contribution in [0.5, 0.6) is 11.5 Å². The number of carboxylic acids is 1. The van der Waals surface area contributed by atoms with Gasteiger partial charge >= 0.3 is 12.1 Å². The van der Waals surface area contributed by atoms with E-state index in [0.29, 0.717) is 11.3 Å². The van der Waals surface area contributed by atoms with E-state index in [1.807, 2.05) is 0 Å². The first kappa shape index (κ1) is 15.9. The Bertz CT molecular complexity index is 495. The zero-order valence-electron chi connectivity index (χ0n) is 10.6. The van der Waals surface area contributed by atoms with Crippen molar-refractivity contribution >= 4 is 12.0 Å². The Kier molecular flexibility index (Phi) is 5.42. The number of halogens is 3. The molecule has 0 spiro atoms. The summed E-state index contributed by atoms with van der Waals surface area (Å²) < 4.78 is 46.2. The lowest BCUT2D eigenvalue weighted by molar-refractivity contribution is -0.139. The maximum absolute atomic E-state index is 12.1. The number of ether oxygens (including phenoxy) is 2. The highest BCUT2D eigenvalue weighted by molar-refractivity contribution is 5.86. The van der Waals surface area contributed by atoms with Gasteiger partial charge in [0.05, 0.1) is 20.1 Å². The highest BCUT2D eigenvalue weighted by Crippen LogP contribution is 2.27. The fourth-order valence-electron chi connectivity index (χ4n) is 1.34. The first-order valence-electron chi connectivity index (χ1n) is 5.60. The summed E-state index contributed by atoms with van der Waals surface area (Å²) in [6, 6.07) is 4.46. The van der Waals surface area contributed by atoms with E-state index in [1.54, 1.807) is 6.07 Å². The SMILES string of the molecule is COc1ccc(C=CC(=O)O)c(OCCC(F)(F)F)c1. The van der Waals surface area contributed by atoms with Gasteiger partial charge in [-0.05, 0) is 18.2 Å². The smallest absolute Gasteiger partial charge is 0.392 e. The number of benzene rings is 1. The number of hydrogen-bond acceptors (Lipinski definition) is 3. The number of alkyl halides is 3. The molecule has 0 aliphatic rings. The molecule has 0 unspecified atom stereocenters. The third-order valence-corrected chi connectivity index (χ3v) is 2.27. The van der Waals surface area contributed by atoms with Crippen LogP contribution in [0.3, 0.4) is 0 Å². The van der Waals surface area contributed by atoms with Gasteiger partial charge in [0.2, 0.25) is 0 Å². The highest BCUT2D eigenvalue weighted by atomic mass is 19.4. The van der Waals surface area contributed by atoms with Crippen LogP contribution in [0.2, 0.25) is 0 Å². The van der Waals surface area contributed by atoms with Gasteiger partial charge in [-0.15, -0.1) is 0 Å². The average Bonchev–Trinajstić information content (AvgIpc) is 2.35. The van der Waals surface area contributed by atoms with Crippen LogP contribution in [0.15, 0.2) is 24.3 Å². The van der Waals surface area contributed by atoms with E-state index in [2.05, 4.69) is 0 Å². The summed E-state index contributed by atoms with van der Waals surface area (Å²) in [6.45, 7) is -0.551. The van der Waals surface area contributed by atoms with Crippen molar-refractivity contribution in [2.45, 2.75) is 12.6 Å². The summed E-state index contributed by atoms with van der Waals surface area (Å²) in [5.41, 5.74) is 0.357. The molecule has 20 heavy (non-hydrogen) atoms. The van der Waals surface area contributed by atoms with Crippen LogP contribution in [0.4, 0.5) is 13.2 Å². The van der Waals surface area contributed by atoms with Gasteiger partial charge in [-0.1, -0.05) is 0 Å². The summed E-state index contributed by atoms with van der Waals surface area (Å²) in [6.07, 6.45) is -3.29. The molecule has 1 aromatic rings. The second-order valence-corrected chi connectivity index (χ2v) is 3.79. The second kappa shape index (κ2) is 6.83. The molecule has 7 heteroatoms. The molecule has 1 N–H and O–H groups in total. The number of aliphatic carboxylic acids is 1. The lowest BCUT2D eigenvalue weighted by atomic mass is 10.1. The topological polar surface area (TPSA) is 55.8 Å². The molecular formula is C13H13F3O4. The van der Waals surface area contributed by atoms with Crippen molar-refractivity contribution < 1.29 is 32.5 Å². The van der Waals surface area contributed by atoms with Crippen LogP contribution in [-0.4, -0.2) is 31.0 Å². The van der Waals surface area contributed by atoms with Gasteiger partial charge in [-0.3, -0.25) is 0 Å². The predicted octanol–water partition coefficient (Wildman–Crippen LogP) is 3.12. The highest BCUT2D eigenvalue weighted by Gasteiger charge is 2.27. The quantitative estimate of drug-likeness (QED) is 0.818. The van der Waals surface area contributed by atoms with Crippen LogP contribution in [-0.2, 0) is 4.79 Å². The van der Waals surface area contributed by atoms with Gasteiger partial charge in [0.1, 0.15) is 11.5 Å². The van der Waals surface area contributed by atoms with E-state index in [-0.39, 0.29) is 5.75 Å². The van der Waals surface area contributed by atoms with Gasteiger partial charge in [-0.2, -0.15) is 13.2 Å². The number of rotatable bonds is 6. The van der Waals surface area contributed by atoms with Crippen molar-refractivity contribution in [3.63, 3.8) is 0 Å². The van der Waals surface area contributed by atoms with E-state index in [1.165, 1.54) is 25.3 Å². The first-order chi connectivity index (χ1) is 9.31. The minimum absolute atomic E-state index is 0.131. The molecule has 0 saturated carbocycles. The Morgan fingerprint density at radius 3 is 2.65 bits per heavy atom. The fraction of sp³-hybridized carbons (Fsp3) is 0.308. The van der Waals surface area contributed by atoms with E-state index >= 15 is 0 Å². The lowest BCUT2D eigenvalue weighted by Crippen LogP contribution is -2.13. The molecule has 4 nitrogen and oxygen atoms in total. The summed E-state index contributed by atoms with van der Waals surface area (Å²) in [7, 11) is 1.40. The largest absolute Gasteiger partial charge is 0.497 e. The monoisotopic (exact) mass is 290 g/mol. The van der Waals surface area contributed by atoms with Gasteiger partial charge < -0.3 is 14.6 Å². The van der Waals surface area contributed by atoms with E-state index in [9.17, 15) is 18.0 Å². The molecule has 0 radical (unpaired) electrons. The molecule has 0 aromatic heterocycles. The molecule has 0 aliphatic heterocycles. The molecule has 0 saturated heterocycles. The molecule has 1 aromatic carbocycles. The Morgan fingerprint density at radius 2 is 2.10 bits per heavy atom. The third kappa shape index (κ3) is 5.64. The molecule has 0 fully saturated rings. The van der Waals surface area contributed by atoms with Crippen LogP contribution >= 0.6 is 0 Å². The zero-order valence-corrected chi connectivity index (χ0v) is 10.6. The van der Waals surface area contributed by atoms with E-state index in [4.69, 9.17) is 14.6 Å². The Morgan fingerprint density at radius 1 is 1.40 bits per heavy atom. The minimum Gasteiger partial charge on any atom is -0.497 e. The standard InChI is InChI=1S/C13H13F3O4/c1-19-10-4-2-9(3-5-12(17)18)11(8-10)20-7-6-13(14,15)16/h2-5,8H,6-7H2,1H3,(H,17,18). The summed E-state index contributed by atoms with van der Waals surface area (Å²) in [5, 5.41) is 8.55. The summed E-state index contributed by atoms with van der Waals surface area (Å²) >= 11 is 0. The lowest BCUT2D eigenvalue weighted by Gasteiger charge is -2.12. The normalized spacial score (nSPS) is 11.6. The predicted molar refractivity (Wildman–Crippen MR) is 65.8 cm³/mol. The van der Waals surface area contributed by atoms with Gasteiger partial charge in [-0.25, -0.2) is 4.79 Å². The van der Waals surface area contributed by atoms with Crippen LogP contribution < -0.4 is 9.47 Å². The van der Waals surface area contributed by atoms with Gasteiger partial charge in [0, 0.05) is 17.7 Å². The Balaban J connectivity index is 2.86. The van der Waals surface area contributed by atoms with E-state index < -0.39 is 25.2 Å². The zero-order chi connectivity index (χ0) is 15.2. The maximum atomic E-state index is 12.1. The first-order valence-corrected chi connectivity index (χ1v) is 5.60. The third-order valence-electron chi connectivity index (χ3n) is 2.27. The number of methoxy groups -OCH3 is 1. The van der Waals surface area contributed by atoms with Gasteiger partial charge in [0.15, 0.2) is 0 Å². The number of hydrogen-bond donors (Lipinski definition) is 1. The van der Waals surface area contributed by atoms with Crippen molar-refractivity contribution in [2.75, 3.05) is 13.7 Å². The van der Waals surface area contributed by atoms with Crippen LogP contribution in [0.1, 0.15) is 12.0 Å². The van der Waals surface area contributed by atoms with Crippen molar-refractivity contribution in [2.24, 2.45) is 0 Å². The van der Waals surface area contributed by atoms with Crippen molar-refractivity contribution in [3.8, 4) is 11.5 Å². The van der Waals surface area contributed by atoms with Gasteiger partial charge in [0.25, 0.3) is 0 Å². The molecule has 0 heterocycles. The molecule has 1 rings (SSSR count). The second-order valence-electron chi connectivity index (χ2n) is 3.79. The fourth-order valence-corrected chi connectivity index (χ4v) is 1.34. The molecule has 0 aliphatic carbocycles. The molecular weight excluding hydrogens is 277 g/mol. The summed E-state index contributed by atoms with van der Waals surface area (Å²) in [4.78, 5) is 10.5. The molecule has 110 valence electrons. The molecule has 0 amide bonds. The maximum Gasteiger partial charge on any atom is 0.392 e. The number of carboxylic acid groups (broad SMARTS) is 1. The Hall–Kier alpha value is -2.18. The number of carbonyl (C=O) groups is 1. The average molecular weight is 290 g/mol. The van der Waals surface area contributed by atoms with Crippen molar-refractivity contribution in [1.82, 2.24) is 0 Å².